The highest BCUT2D eigenvalue weighted by Crippen LogP contribution is 2.28. The molecule has 1 fully saturated rings. The number of ether oxygens (including phenoxy) is 3. The van der Waals surface area contributed by atoms with Crippen molar-refractivity contribution in [3.05, 3.63) is 107 Å². The highest BCUT2D eigenvalue weighted by Gasteiger charge is 2.24. The molecule has 0 saturated carbocycles. The van der Waals surface area contributed by atoms with E-state index < -0.39 is 23.4 Å². The Kier molecular flexibility index (Phi) is 7.82. The number of nitrogens with zero attached hydrogens (tertiary/aromatic N) is 5. The van der Waals surface area contributed by atoms with Gasteiger partial charge in [0.15, 0.2) is 34.8 Å². The Hall–Kier alpha value is -5.48. The van der Waals surface area contributed by atoms with Gasteiger partial charge in [0.1, 0.15) is 17.9 Å². The van der Waals surface area contributed by atoms with Gasteiger partial charge in [0.2, 0.25) is 5.88 Å². The van der Waals surface area contributed by atoms with E-state index in [4.69, 9.17) is 19.5 Å². The molecule has 0 bridgehead atoms. The van der Waals surface area contributed by atoms with Crippen LogP contribution < -0.4 is 9.47 Å². The van der Waals surface area contributed by atoms with Crippen LogP contribution in [0, 0.1) is 28.8 Å². The van der Waals surface area contributed by atoms with Crippen LogP contribution in [0.2, 0.25) is 0 Å². The van der Waals surface area contributed by atoms with Crippen molar-refractivity contribution in [1.29, 1.82) is 5.26 Å². The quantitative estimate of drug-likeness (QED) is 0.218. The number of aromatic nitrogens is 4. The van der Waals surface area contributed by atoms with Crippen LogP contribution in [0.25, 0.3) is 11.0 Å². The lowest BCUT2D eigenvalue weighted by molar-refractivity contribution is -0.0589. The summed E-state index contributed by atoms with van der Waals surface area (Å²) in [5.41, 5.74) is 0.806. The molecule has 0 amide bonds. The Morgan fingerprint density at radius 3 is 2.55 bits per heavy atom. The van der Waals surface area contributed by atoms with E-state index in [0.717, 1.165) is 18.6 Å². The number of halogens is 3. The first-order valence-electron chi connectivity index (χ1n) is 13.4. The number of fused-ring (bicyclic) bond motifs is 1. The van der Waals surface area contributed by atoms with Crippen LogP contribution in [0.5, 0.6) is 17.4 Å². The zero-order chi connectivity index (χ0) is 30.8. The highest BCUT2D eigenvalue weighted by molar-refractivity contribution is 5.92. The van der Waals surface area contributed by atoms with E-state index in [-0.39, 0.29) is 59.0 Å². The molecular formula is C31H22F3N5O5. The number of hydrogen-bond acceptors (Lipinski definition) is 8. The largest absolute Gasteiger partial charge is 0.483 e. The van der Waals surface area contributed by atoms with Crippen LogP contribution in [0.4, 0.5) is 13.2 Å². The number of carboxylic acid groups (broad SMARTS) is 1. The standard InChI is InChI=1S/C31H22F3N5O5/c32-21-10-18(14-35)2-3-25(21)43-16-27-36-7-5-29(37-27)44-26-4-1-17(9-22(26)33)11-28-38-30-23(34)12-19(31(40)41)13-24(30)39(28)15-20-6-8-42-20/h1-5,7,9-10,12-13,20H,6,8,11,15-16H2,(H,40,41). The van der Waals surface area contributed by atoms with Crippen molar-refractivity contribution in [3.8, 4) is 23.4 Å². The molecule has 222 valence electrons. The topological polar surface area (TPSA) is 132 Å². The smallest absolute Gasteiger partial charge is 0.335 e. The maximum absolute atomic E-state index is 15.2. The number of aromatic carboxylic acids is 1. The second-order valence-corrected chi connectivity index (χ2v) is 9.95. The second-order valence-electron chi connectivity index (χ2n) is 9.95. The first-order chi connectivity index (χ1) is 21.3. The Morgan fingerprint density at radius 1 is 1.05 bits per heavy atom. The van der Waals surface area contributed by atoms with Gasteiger partial charge in [-0.25, -0.2) is 27.9 Å². The molecule has 1 aliphatic rings. The summed E-state index contributed by atoms with van der Waals surface area (Å²) in [6.07, 6.45) is 2.18. The number of benzene rings is 3. The van der Waals surface area contributed by atoms with Crippen molar-refractivity contribution in [1.82, 2.24) is 19.5 Å². The summed E-state index contributed by atoms with van der Waals surface area (Å²) in [6.45, 7) is 0.739. The van der Waals surface area contributed by atoms with Gasteiger partial charge in [0, 0.05) is 25.3 Å². The number of rotatable bonds is 10. The second kappa shape index (κ2) is 12.0. The minimum absolute atomic E-state index is 0.0233. The third-order valence-corrected chi connectivity index (χ3v) is 6.98. The molecule has 1 aliphatic heterocycles. The fourth-order valence-corrected chi connectivity index (χ4v) is 4.69. The summed E-state index contributed by atoms with van der Waals surface area (Å²) in [7, 11) is 0. The average Bonchev–Trinajstić information content (AvgIpc) is 3.33. The molecule has 1 saturated heterocycles. The molecule has 44 heavy (non-hydrogen) atoms. The molecule has 0 radical (unpaired) electrons. The van der Waals surface area contributed by atoms with Crippen LogP contribution in [-0.2, 0) is 24.3 Å². The Balaban J connectivity index is 1.19. The van der Waals surface area contributed by atoms with E-state index in [1.807, 2.05) is 6.07 Å². The number of nitriles is 1. The number of hydrogen-bond donors (Lipinski definition) is 1. The molecule has 1 unspecified atom stereocenters. The summed E-state index contributed by atoms with van der Waals surface area (Å²) in [5, 5.41) is 18.3. The first kappa shape index (κ1) is 28.6. The summed E-state index contributed by atoms with van der Waals surface area (Å²) in [5.74, 6) is -3.03. The van der Waals surface area contributed by atoms with Gasteiger partial charge in [-0.05, 0) is 54.4 Å². The molecule has 3 aromatic carbocycles. The zero-order valence-electron chi connectivity index (χ0n) is 22.8. The van der Waals surface area contributed by atoms with Gasteiger partial charge < -0.3 is 23.9 Å². The van der Waals surface area contributed by atoms with Crippen molar-refractivity contribution in [3.63, 3.8) is 0 Å². The summed E-state index contributed by atoms with van der Waals surface area (Å²) < 4.78 is 62.4. The van der Waals surface area contributed by atoms with Gasteiger partial charge in [-0.2, -0.15) is 10.2 Å². The zero-order valence-corrected chi connectivity index (χ0v) is 22.8. The lowest BCUT2D eigenvalue weighted by Gasteiger charge is -2.27. The molecule has 10 nitrogen and oxygen atoms in total. The van der Waals surface area contributed by atoms with Gasteiger partial charge in [-0.1, -0.05) is 6.07 Å². The third-order valence-electron chi connectivity index (χ3n) is 6.98. The normalized spacial score (nSPS) is 14.2. The monoisotopic (exact) mass is 601 g/mol. The molecule has 1 N–H and O–H groups in total. The van der Waals surface area contributed by atoms with E-state index in [0.29, 0.717) is 30.1 Å². The molecule has 5 aromatic rings. The fraction of sp³-hybridized carbons (Fsp3) is 0.194. The van der Waals surface area contributed by atoms with E-state index in [1.165, 1.54) is 42.6 Å². The Morgan fingerprint density at radius 2 is 1.84 bits per heavy atom. The van der Waals surface area contributed by atoms with Gasteiger partial charge >= 0.3 is 5.97 Å². The molecule has 6 rings (SSSR count). The van der Waals surface area contributed by atoms with Gasteiger partial charge in [0.25, 0.3) is 0 Å². The Labute approximate surface area is 247 Å². The maximum atomic E-state index is 15.2. The van der Waals surface area contributed by atoms with Crippen molar-refractivity contribution in [2.75, 3.05) is 6.61 Å². The van der Waals surface area contributed by atoms with Crippen LogP contribution in [-0.4, -0.2) is 43.3 Å². The molecule has 0 aliphatic carbocycles. The summed E-state index contributed by atoms with van der Waals surface area (Å²) >= 11 is 0. The van der Waals surface area contributed by atoms with E-state index >= 15 is 4.39 Å². The minimum Gasteiger partial charge on any atom is -0.483 e. The maximum Gasteiger partial charge on any atom is 0.335 e. The SMILES string of the molecule is N#Cc1ccc(OCc2nccc(Oc3ccc(Cc4nc5c(F)cc(C(=O)O)cc5n4CC4CCO4)cc3F)n2)c(F)c1. The number of carboxylic acids is 1. The Bertz CT molecular complexity index is 1940. The van der Waals surface area contributed by atoms with Crippen LogP contribution in [0.15, 0.2) is 60.8 Å². The average molecular weight is 602 g/mol. The summed E-state index contributed by atoms with van der Waals surface area (Å²) in [4.78, 5) is 24.2. The van der Waals surface area contributed by atoms with E-state index in [1.54, 1.807) is 10.6 Å². The van der Waals surface area contributed by atoms with Crippen molar-refractivity contribution < 1.29 is 37.3 Å². The molecule has 13 heteroatoms. The molecule has 1 atom stereocenters. The number of imidazole rings is 1. The van der Waals surface area contributed by atoms with Crippen molar-refractivity contribution >= 4 is 17.0 Å². The lowest BCUT2D eigenvalue weighted by Crippen LogP contribution is -2.31. The fourth-order valence-electron chi connectivity index (χ4n) is 4.69. The van der Waals surface area contributed by atoms with Crippen LogP contribution in [0.1, 0.15) is 39.6 Å². The summed E-state index contributed by atoms with van der Waals surface area (Å²) in [6, 6.07) is 13.6. The molecule has 0 spiro atoms. The van der Waals surface area contributed by atoms with E-state index in [2.05, 4.69) is 15.0 Å². The predicted molar refractivity (Wildman–Crippen MR) is 148 cm³/mol. The van der Waals surface area contributed by atoms with Crippen LogP contribution >= 0.6 is 0 Å². The first-order valence-corrected chi connectivity index (χ1v) is 13.4. The van der Waals surface area contributed by atoms with Gasteiger partial charge in [-0.3, -0.25) is 0 Å². The minimum atomic E-state index is -1.26. The molecule has 3 heterocycles. The van der Waals surface area contributed by atoms with Gasteiger partial charge in [0.05, 0.1) is 35.4 Å². The number of carbonyl (C=O) groups is 1. The molecule has 2 aromatic heterocycles. The molecular weight excluding hydrogens is 579 g/mol. The van der Waals surface area contributed by atoms with Gasteiger partial charge in [-0.15, -0.1) is 0 Å². The van der Waals surface area contributed by atoms with Crippen LogP contribution in [0.3, 0.4) is 0 Å². The third kappa shape index (κ3) is 6.02. The highest BCUT2D eigenvalue weighted by atomic mass is 19.1. The van der Waals surface area contributed by atoms with Crippen molar-refractivity contribution in [2.24, 2.45) is 0 Å². The van der Waals surface area contributed by atoms with E-state index in [9.17, 15) is 18.7 Å². The predicted octanol–water partition coefficient (Wildman–Crippen LogP) is 5.56. The lowest BCUT2D eigenvalue weighted by atomic mass is 10.1. The van der Waals surface area contributed by atoms with Crippen molar-refractivity contribution in [2.45, 2.75) is 32.1 Å².